The number of benzene rings is 1. The number of hydrogen-bond donors (Lipinski definition) is 1. The van der Waals surface area contributed by atoms with Crippen molar-refractivity contribution in [2.45, 2.75) is 51.0 Å². The molecule has 4 heteroatoms. The average Bonchev–Trinajstić information content (AvgIpc) is 2.61. The van der Waals surface area contributed by atoms with Crippen molar-refractivity contribution < 1.29 is 9.59 Å². The smallest absolute Gasteiger partial charge is 0.251 e. The topological polar surface area (TPSA) is 49.4 Å². The van der Waals surface area contributed by atoms with Gasteiger partial charge in [-0.15, -0.1) is 0 Å². The molecule has 124 valence electrons. The molecule has 23 heavy (non-hydrogen) atoms. The molecule has 2 amide bonds. The molecule has 1 aromatic carbocycles. The molecule has 1 saturated heterocycles. The Bertz CT molecular complexity index is 542. The number of piperidine rings is 1. The first-order chi connectivity index (χ1) is 11.3. The van der Waals surface area contributed by atoms with Gasteiger partial charge in [-0.1, -0.05) is 31.0 Å². The van der Waals surface area contributed by atoms with Crippen LogP contribution in [0.4, 0.5) is 0 Å². The number of carbonyl (C=O) groups is 2. The lowest BCUT2D eigenvalue weighted by molar-refractivity contribution is -0.137. The number of likely N-dealkylation sites (tertiary alicyclic amines) is 1. The van der Waals surface area contributed by atoms with Gasteiger partial charge in [0.2, 0.25) is 5.91 Å². The third-order valence-electron chi connectivity index (χ3n) is 5.22. The molecule has 2 atom stereocenters. The molecule has 1 N–H and O–H groups in total. The van der Waals surface area contributed by atoms with Crippen molar-refractivity contribution in [1.29, 1.82) is 0 Å². The van der Waals surface area contributed by atoms with Crippen LogP contribution >= 0.6 is 0 Å². The summed E-state index contributed by atoms with van der Waals surface area (Å²) in [5.74, 6) is 0.808. The first-order valence-corrected chi connectivity index (χ1v) is 8.88. The minimum absolute atomic E-state index is 0.104. The molecule has 3 rings (SSSR count). The average molecular weight is 314 g/mol. The highest BCUT2D eigenvalue weighted by Crippen LogP contribution is 2.35. The van der Waals surface area contributed by atoms with E-state index in [2.05, 4.69) is 10.2 Å². The predicted octanol–water partition coefficient (Wildman–Crippen LogP) is 2.99. The van der Waals surface area contributed by atoms with Gasteiger partial charge in [0, 0.05) is 31.1 Å². The van der Waals surface area contributed by atoms with Crippen molar-refractivity contribution in [3.63, 3.8) is 0 Å². The fourth-order valence-corrected chi connectivity index (χ4v) is 4.05. The maximum absolute atomic E-state index is 12.5. The van der Waals surface area contributed by atoms with E-state index in [1.807, 2.05) is 18.2 Å². The zero-order valence-corrected chi connectivity index (χ0v) is 13.7. The van der Waals surface area contributed by atoms with Gasteiger partial charge in [-0.3, -0.25) is 9.59 Å². The van der Waals surface area contributed by atoms with E-state index in [0.717, 1.165) is 19.4 Å². The summed E-state index contributed by atoms with van der Waals surface area (Å²) in [6.07, 6.45) is 7.81. The number of fused-ring (bicyclic) bond motifs is 1. The number of nitrogens with zero attached hydrogens (tertiary/aromatic N) is 1. The number of amides is 2. The van der Waals surface area contributed by atoms with Crippen LogP contribution < -0.4 is 5.32 Å². The third-order valence-corrected chi connectivity index (χ3v) is 5.22. The van der Waals surface area contributed by atoms with E-state index < -0.39 is 0 Å². The third kappa shape index (κ3) is 3.92. The van der Waals surface area contributed by atoms with Gasteiger partial charge in [0.15, 0.2) is 0 Å². The Hall–Kier alpha value is -1.84. The molecule has 0 aromatic heterocycles. The van der Waals surface area contributed by atoms with Gasteiger partial charge in [0.05, 0.1) is 0 Å². The molecule has 0 spiro atoms. The van der Waals surface area contributed by atoms with E-state index >= 15 is 0 Å². The summed E-state index contributed by atoms with van der Waals surface area (Å²) in [6, 6.07) is 9.60. The van der Waals surface area contributed by atoms with Gasteiger partial charge < -0.3 is 10.2 Å². The number of carbonyl (C=O) groups excluding carboxylic acids is 2. The van der Waals surface area contributed by atoms with Crippen LogP contribution in [0.3, 0.4) is 0 Å². The first-order valence-electron chi connectivity index (χ1n) is 8.88. The molecule has 1 aromatic rings. The van der Waals surface area contributed by atoms with Crippen LogP contribution in [0.25, 0.3) is 0 Å². The molecule has 1 aliphatic carbocycles. The van der Waals surface area contributed by atoms with Crippen molar-refractivity contribution >= 4 is 11.8 Å². The monoisotopic (exact) mass is 314 g/mol. The Balaban J connectivity index is 1.48. The minimum Gasteiger partial charge on any atom is -0.352 e. The summed E-state index contributed by atoms with van der Waals surface area (Å²) in [5, 5.41) is 2.85. The van der Waals surface area contributed by atoms with Crippen molar-refractivity contribution in [3.8, 4) is 0 Å². The highest BCUT2D eigenvalue weighted by atomic mass is 16.2. The Morgan fingerprint density at radius 1 is 1.04 bits per heavy atom. The van der Waals surface area contributed by atoms with Gasteiger partial charge in [-0.25, -0.2) is 0 Å². The number of rotatable bonds is 4. The zero-order chi connectivity index (χ0) is 16.1. The minimum atomic E-state index is -0.104. The van der Waals surface area contributed by atoms with Gasteiger partial charge in [0.25, 0.3) is 5.91 Å². The quantitative estimate of drug-likeness (QED) is 0.929. The summed E-state index contributed by atoms with van der Waals surface area (Å²) in [4.78, 5) is 26.6. The number of hydrogen-bond acceptors (Lipinski definition) is 2. The second-order valence-electron chi connectivity index (χ2n) is 6.71. The molecule has 1 aliphatic heterocycles. The molecule has 1 saturated carbocycles. The normalized spacial score (nSPS) is 23.9. The van der Waals surface area contributed by atoms with Crippen LogP contribution in [-0.4, -0.2) is 35.8 Å². The van der Waals surface area contributed by atoms with Gasteiger partial charge >= 0.3 is 0 Å². The molecule has 2 fully saturated rings. The fourth-order valence-electron chi connectivity index (χ4n) is 4.05. The highest BCUT2D eigenvalue weighted by molar-refractivity contribution is 5.94. The summed E-state index contributed by atoms with van der Waals surface area (Å²) < 4.78 is 0. The lowest BCUT2D eigenvalue weighted by Gasteiger charge is -2.44. The summed E-state index contributed by atoms with van der Waals surface area (Å²) in [6.45, 7) is 1.31. The van der Waals surface area contributed by atoms with E-state index in [0.29, 0.717) is 30.5 Å². The fraction of sp³-hybridized carbons (Fsp3) is 0.579. The molecule has 0 radical (unpaired) electrons. The van der Waals surface area contributed by atoms with E-state index in [1.165, 1.54) is 25.7 Å². The van der Waals surface area contributed by atoms with Crippen LogP contribution in [0.2, 0.25) is 0 Å². The van der Waals surface area contributed by atoms with Crippen LogP contribution in [0.1, 0.15) is 55.3 Å². The SMILES string of the molecule is O=C(NCCC(=O)N1CCC[C@H]2CCCC[C@@H]21)c1ccccc1. The highest BCUT2D eigenvalue weighted by Gasteiger charge is 2.35. The van der Waals surface area contributed by atoms with Crippen molar-refractivity contribution in [2.24, 2.45) is 5.92 Å². The lowest BCUT2D eigenvalue weighted by atomic mass is 9.78. The predicted molar refractivity (Wildman–Crippen MR) is 90.1 cm³/mol. The van der Waals surface area contributed by atoms with E-state index in [1.54, 1.807) is 12.1 Å². The summed E-state index contributed by atoms with van der Waals surface area (Å²) in [5.41, 5.74) is 0.644. The standard InChI is InChI=1S/C19H26N2O2/c22-18(12-13-20-19(23)16-8-2-1-3-9-16)21-14-6-10-15-7-4-5-11-17(15)21/h1-3,8-9,15,17H,4-7,10-14H2,(H,20,23)/t15-,17+/m1/s1. The zero-order valence-electron chi connectivity index (χ0n) is 13.7. The van der Waals surface area contributed by atoms with Crippen molar-refractivity contribution in [1.82, 2.24) is 10.2 Å². The second-order valence-corrected chi connectivity index (χ2v) is 6.71. The Morgan fingerprint density at radius 3 is 2.61 bits per heavy atom. The van der Waals surface area contributed by atoms with Crippen molar-refractivity contribution in [3.05, 3.63) is 35.9 Å². The van der Waals surface area contributed by atoms with E-state index in [4.69, 9.17) is 0 Å². The summed E-state index contributed by atoms with van der Waals surface area (Å²) >= 11 is 0. The lowest BCUT2D eigenvalue weighted by Crippen LogP contribution is -2.50. The molecule has 0 bridgehead atoms. The van der Waals surface area contributed by atoms with Gasteiger partial charge in [0.1, 0.15) is 0 Å². The Labute approximate surface area is 138 Å². The summed E-state index contributed by atoms with van der Waals surface area (Å²) in [7, 11) is 0. The van der Waals surface area contributed by atoms with Gasteiger partial charge in [-0.05, 0) is 43.7 Å². The largest absolute Gasteiger partial charge is 0.352 e. The molecule has 0 unspecified atom stereocenters. The molecular weight excluding hydrogens is 288 g/mol. The molecular formula is C19H26N2O2. The van der Waals surface area contributed by atoms with Crippen LogP contribution in [0.15, 0.2) is 30.3 Å². The number of nitrogens with one attached hydrogen (secondary N) is 1. The maximum atomic E-state index is 12.5. The first kappa shape index (κ1) is 16.0. The molecule has 1 heterocycles. The molecule has 2 aliphatic rings. The van der Waals surface area contributed by atoms with Crippen LogP contribution in [0.5, 0.6) is 0 Å². The van der Waals surface area contributed by atoms with Gasteiger partial charge in [-0.2, -0.15) is 0 Å². The Morgan fingerprint density at radius 2 is 1.78 bits per heavy atom. The van der Waals surface area contributed by atoms with Crippen molar-refractivity contribution in [2.75, 3.05) is 13.1 Å². The van der Waals surface area contributed by atoms with E-state index in [-0.39, 0.29) is 11.8 Å². The maximum Gasteiger partial charge on any atom is 0.251 e. The second kappa shape index (κ2) is 7.62. The van der Waals surface area contributed by atoms with E-state index in [9.17, 15) is 9.59 Å². The van der Waals surface area contributed by atoms with Crippen LogP contribution in [-0.2, 0) is 4.79 Å². The Kier molecular flexibility index (Phi) is 5.31. The molecule has 4 nitrogen and oxygen atoms in total. The van der Waals surface area contributed by atoms with Crippen LogP contribution in [0, 0.1) is 5.92 Å².